The molecule has 0 saturated heterocycles. The molecule has 0 aromatic carbocycles. The first-order valence-corrected chi connectivity index (χ1v) is 19.9. The lowest BCUT2D eigenvalue weighted by atomic mass is 9.60. The van der Waals surface area contributed by atoms with Crippen LogP contribution >= 0.6 is 0 Å². The summed E-state index contributed by atoms with van der Waals surface area (Å²) in [7, 11) is 0. The second kappa shape index (κ2) is 18.3. The molecule has 3 saturated carbocycles. The Kier molecular flexibility index (Phi) is 15.7. The lowest BCUT2D eigenvalue weighted by molar-refractivity contribution is -0.130. The third-order valence-electron chi connectivity index (χ3n) is 12.8. The van der Waals surface area contributed by atoms with Crippen molar-refractivity contribution in [3.05, 3.63) is 23.3 Å². The minimum Gasteiger partial charge on any atom is -0.390 e. The van der Waals surface area contributed by atoms with Gasteiger partial charge in [-0.15, -0.1) is 0 Å². The number of carbonyl (C=O) groups is 1. The summed E-state index contributed by atoms with van der Waals surface area (Å²) in [4.78, 5) is 12.7. The van der Waals surface area contributed by atoms with Crippen molar-refractivity contribution >= 4 is 5.91 Å². The number of hydrogen-bond donors (Lipinski definition) is 3. The van der Waals surface area contributed by atoms with Gasteiger partial charge in [0.2, 0.25) is 5.91 Å². The molecule has 0 spiro atoms. The average Bonchev–Trinajstić information content (AvgIpc) is 3.37. The molecule has 1 amide bonds. The number of nitrogens with one attached hydrogen (secondary N) is 1. The third kappa shape index (κ3) is 12.5. The zero-order chi connectivity index (χ0) is 35.6. The van der Waals surface area contributed by atoms with Crippen molar-refractivity contribution in [2.45, 2.75) is 188 Å². The molecule has 3 unspecified atom stereocenters. The summed E-state index contributed by atoms with van der Waals surface area (Å²) < 4.78 is 12.4. The van der Waals surface area contributed by atoms with Crippen LogP contribution < -0.4 is 5.32 Å². The molecule has 8 atom stereocenters. The normalized spacial score (nSPS) is 31.3. The van der Waals surface area contributed by atoms with Crippen LogP contribution in [0, 0.1) is 29.1 Å². The molecule has 0 aromatic rings. The minimum atomic E-state index is -0.725. The van der Waals surface area contributed by atoms with E-state index in [9.17, 15) is 15.0 Å². The van der Waals surface area contributed by atoms with E-state index in [1.807, 2.05) is 41.5 Å². The quantitative estimate of drug-likeness (QED) is 0.119. The van der Waals surface area contributed by atoms with Gasteiger partial charge >= 0.3 is 0 Å². The molecule has 6 nitrogen and oxygen atoms in total. The summed E-state index contributed by atoms with van der Waals surface area (Å²) >= 11 is 0. The Morgan fingerprint density at radius 2 is 1.73 bits per heavy atom. The molecule has 0 bridgehead atoms. The number of carbonyl (C=O) groups excluding carboxylic acids is 1. The fraction of sp³-hybridized carbons (Fsp3) is 0.881. The maximum atomic E-state index is 12.7. The molecule has 3 rings (SSSR count). The van der Waals surface area contributed by atoms with Crippen molar-refractivity contribution in [1.82, 2.24) is 5.32 Å². The predicted molar refractivity (Wildman–Crippen MR) is 199 cm³/mol. The molecule has 48 heavy (non-hydrogen) atoms. The van der Waals surface area contributed by atoms with Crippen LogP contribution in [0.3, 0.4) is 0 Å². The number of hydrogen-bond acceptors (Lipinski definition) is 5. The van der Waals surface area contributed by atoms with Gasteiger partial charge in [-0.1, -0.05) is 70.8 Å². The van der Waals surface area contributed by atoms with E-state index in [1.54, 1.807) is 5.57 Å². The molecule has 3 aliphatic rings. The lowest BCUT2D eigenvalue weighted by Gasteiger charge is -2.44. The average molecular weight is 674 g/mol. The van der Waals surface area contributed by atoms with Crippen LogP contribution in [-0.2, 0) is 14.3 Å². The van der Waals surface area contributed by atoms with E-state index >= 15 is 0 Å². The maximum Gasteiger partial charge on any atom is 0.222 e. The number of rotatable bonds is 19. The minimum absolute atomic E-state index is 0.0129. The Balaban J connectivity index is 1.44. The molecule has 0 radical (unpaired) electrons. The van der Waals surface area contributed by atoms with Crippen molar-refractivity contribution in [2.75, 3.05) is 19.8 Å². The highest BCUT2D eigenvalue weighted by Gasteiger charge is 2.50. The van der Waals surface area contributed by atoms with Gasteiger partial charge in [0.25, 0.3) is 0 Å². The monoisotopic (exact) mass is 674 g/mol. The summed E-state index contributed by atoms with van der Waals surface area (Å²) in [5, 5.41) is 23.5. The number of allylic oxidation sites excluding steroid dienone is 3. The number of amides is 1. The first kappa shape index (κ1) is 41.2. The number of ether oxygens (including phenoxy) is 2. The summed E-state index contributed by atoms with van der Waals surface area (Å²) in [6.07, 6.45) is 21.5. The number of fused-ring (bicyclic) bond motifs is 1. The summed E-state index contributed by atoms with van der Waals surface area (Å²) in [5.74, 6) is 2.83. The standard InChI is InChI=1S/C42H75NO5/c1-10-40(7,46)25-28-48-41(8,11-2)30-38(44)43-26-14-27-47-35-20-17-31(3)34(29-35)19-18-33-16-13-24-42(9)36(21-22-37(33)42)32(4)15-12-23-39(5,6)45/h18-19,31-32,35-37,45-46H,10-17,20-30H2,1-9H3,(H,43,44)/b33-18+,34-19-/t31?,32-,35+,36-,37+,40?,41?,42-/m1/s1. The Morgan fingerprint density at radius 3 is 2.42 bits per heavy atom. The maximum absolute atomic E-state index is 12.7. The Morgan fingerprint density at radius 1 is 1.00 bits per heavy atom. The van der Waals surface area contributed by atoms with Gasteiger partial charge < -0.3 is 25.0 Å². The predicted octanol–water partition coefficient (Wildman–Crippen LogP) is 9.47. The Bertz CT molecular complexity index is 1060. The largest absolute Gasteiger partial charge is 0.390 e. The van der Waals surface area contributed by atoms with Gasteiger partial charge in [0.05, 0.1) is 35.9 Å². The van der Waals surface area contributed by atoms with Crippen LogP contribution in [-0.4, -0.2) is 58.8 Å². The van der Waals surface area contributed by atoms with Gasteiger partial charge in [-0.3, -0.25) is 4.79 Å². The molecule has 3 fully saturated rings. The Hall–Kier alpha value is -1.21. The Labute approximate surface area is 295 Å². The van der Waals surface area contributed by atoms with E-state index in [4.69, 9.17) is 9.47 Å². The topological polar surface area (TPSA) is 88.0 Å². The lowest BCUT2D eigenvalue weighted by Crippen LogP contribution is -2.38. The first-order valence-electron chi connectivity index (χ1n) is 19.9. The molecule has 3 N–H and O–H groups in total. The fourth-order valence-corrected chi connectivity index (χ4v) is 8.97. The second-order valence-corrected chi connectivity index (χ2v) is 17.6. The van der Waals surface area contributed by atoms with Crippen LogP contribution in [0.1, 0.15) is 165 Å². The van der Waals surface area contributed by atoms with Gasteiger partial charge in [0.15, 0.2) is 0 Å². The fourth-order valence-electron chi connectivity index (χ4n) is 8.97. The van der Waals surface area contributed by atoms with Crippen LogP contribution in [0.2, 0.25) is 0 Å². The van der Waals surface area contributed by atoms with E-state index in [0.29, 0.717) is 56.3 Å². The molecule has 6 heteroatoms. The van der Waals surface area contributed by atoms with E-state index in [1.165, 1.54) is 50.5 Å². The smallest absolute Gasteiger partial charge is 0.222 e. The SMILES string of the molecule is CCC(C)(O)CCOC(C)(CC)CC(=O)NCCCO[C@H]1CCC(C)/C(=C\C=C2/CCC[C@]3(C)[C@@H]([C@H](C)CCCC(C)(C)O)CC[C@@H]23)C1. The van der Waals surface area contributed by atoms with Crippen LogP contribution in [0.15, 0.2) is 23.3 Å². The summed E-state index contributed by atoms with van der Waals surface area (Å²) in [6, 6.07) is 0. The van der Waals surface area contributed by atoms with Gasteiger partial charge in [-0.05, 0) is 140 Å². The third-order valence-corrected chi connectivity index (χ3v) is 12.8. The molecule has 0 heterocycles. The molecular formula is C42H75NO5. The molecule has 278 valence electrons. The van der Waals surface area contributed by atoms with Gasteiger partial charge in [-0.2, -0.15) is 0 Å². The van der Waals surface area contributed by atoms with Crippen molar-refractivity contribution in [1.29, 1.82) is 0 Å². The van der Waals surface area contributed by atoms with E-state index < -0.39 is 16.8 Å². The van der Waals surface area contributed by atoms with Crippen molar-refractivity contribution in [3.63, 3.8) is 0 Å². The second-order valence-electron chi connectivity index (χ2n) is 17.6. The summed E-state index contributed by atoms with van der Waals surface area (Å²) in [5.41, 5.74) is 1.83. The number of aliphatic hydroxyl groups is 2. The molecule has 0 aromatic heterocycles. The highest BCUT2D eigenvalue weighted by atomic mass is 16.5. The van der Waals surface area contributed by atoms with E-state index in [-0.39, 0.29) is 12.0 Å². The van der Waals surface area contributed by atoms with E-state index in [0.717, 1.165) is 50.4 Å². The molecular weight excluding hydrogens is 598 g/mol. The van der Waals surface area contributed by atoms with E-state index in [2.05, 4.69) is 38.2 Å². The first-order chi connectivity index (χ1) is 22.5. The van der Waals surface area contributed by atoms with Crippen LogP contribution in [0.5, 0.6) is 0 Å². The van der Waals surface area contributed by atoms with Crippen LogP contribution in [0.4, 0.5) is 0 Å². The van der Waals surface area contributed by atoms with Crippen molar-refractivity contribution < 1.29 is 24.5 Å². The highest BCUT2D eigenvalue weighted by molar-refractivity contribution is 5.76. The van der Waals surface area contributed by atoms with Crippen molar-refractivity contribution in [2.24, 2.45) is 29.1 Å². The van der Waals surface area contributed by atoms with Gasteiger partial charge in [0.1, 0.15) is 0 Å². The highest BCUT2D eigenvalue weighted by Crippen LogP contribution is 2.60. The van der Waals surface area contributed by atoms with Gasteiger partial charge in [-0.25, -0.2) is 0 Å². The summed E-state index contributed by atoms with van der Waals surface area (Å²) in [6.45, 7) is 20.9. The molecule has 3 aliphatic carbocycles. The van der Waals surface area contributed by atoms with Crippen molar-refractivity contribution in [3.8, 4) is 0 Å². The van der Waals surface area contributed by atoms with Gasteiger partial charge in [0, 0.05) is 13.2 Å². The molecule has 0 aliphatic heterocycles. The zero-order valence-electron chi connectivity index (χ0n) is 32.6. The zero-order valence-corrected chi connectivity index (χ0v) is 32.6. The van der Waals surface area contributed by atoms with Crippen LogP contribution in [0.25, 0.3) is 0 Å².